The van der Waals surface area contributed by atoms with Crippen molar-refractivity contribution in [3.05, 3.63) is 48.6 Å². The highest BCUT2D eigenvalue weighted by molar-refractivity contribution is 5.54. The van der Waals surface area contributed by atoms with Crippen LogP contribution >= 0.6 is 0 Å². The Morgan fingerprint density at radius 3 is 2.67 bits per heavy atom. The fraction of sp³-hybridized carbons (Fsp3) is 0.0909. The summed E-state index contributed by atoms with van der Waals surface area (Å²) in [5.74, 6) is 0.583. The number of aliphatic hydroxyl groups is 1. The summed E-state index contributed by atoms with van der Waals surface area (Å²) in [6.45, 7) is 0. The van der Waals surface area contributed by atoms with Gasteiger partial charge in [0.05, 0.1) is 6.26 Å². The van der Waals surface area contributed by atoms with Gasteiger partial charge in [-0.25, -0.2) is 0 Å². The largest absolute Gasteiger partial charge is 0.516 e. The number of aliphatic hydroxyl groups excluding tert-OH is 1. The van der Waals surface area contributed by atoms with Crippen LogP contribution in [0.4, 0.5) is 0 Å². The Bertz CT molecular complexity index is 432. The molecule has 76 valence electrons. The highest BCUT2D eigenvalue weighted by Gasteiger charge is 2.01. The topological polar surface area (TPSA) is 59.2 Å². The zero-order valence-electron chi connectivity index (χ0n) is 8.00. The molecule has 0 amide bonds. The first-order valence-corrected chi connectivity index (χ1v) is 4.55. The molecule has 1 aromatic carbocycles. The van der Waals surface area contributed by atoms with E-state index in [0.29, 0.717) is 12.2 Å². The van der Waals surface area contributed by atoms with Gasteiger partial charge in [-0.05, 0) is 18.1 Å². The van der Waals surface area contributed by atoms with E-state index in [2.05, 4.69) is 14.7 Å². The third-order valence-electron chi connectivity index (χ3n) is 2.03. The van der Waals surface area contributed by atoms with Crippen molar-refractivity contribution < 1.29 is 9.63 Å². The average Bonchev–Trinajstić information content (AvgIpc) is 2.80. The number of hydrogen-bond acceptors (Lipinski definition) is 4. The molecular formula is C11H10N2O2. The summed E-state index contributed by atoms with van der Waals surface area (Å²) in [5.41, 5.74) is 2.04. The molecule has 0 aliphatic heterocycles. The summed E-state index contributed by atoms with van der Waals surface area (Å²) in [6.07, 6.45) is 4.75. The van der Waals surface area contributed by atoms with Crippen LogP contribution in [0.5, 0.6) is 0 Å². The van der Waals surface area contributed by atoms with Gasteiger partial charge in [0.2, 0.25) is 12.2 Å². The summed E-state index contributed by atoms with van der Waals surface area (Å²) in [7, 11) is 0. The van der Waals surface area contributed by atoms with Gasteiger partial charge in [0.25, 0.3) is 0 Å². The van der Waals surface area contributed by atoms with E-state index in [0.717, 1.165) is 17.4 Å². The predicted molar refractivity (Wildman–Crippen MR) is 55.2 cm³/mol. The van der Waals surface area contributed by atoms with E-state index in [4.69, 9.17) is 5.11 Å². The lowest BCUT2D eigenvalue weighted by molar-refractivity contribution is 0.419. The van der Waals surface area contributed by atoms with E-state index < -0.39 is 0 Å². The van der Waals surface area contributed by atoms with Gasteiger partial charge in [0.1, 0.15) is 0 Å². The Kier molecular flexibility index (Phi) is 2.78. The lowest BCUT2D eigenvalue weighted by atomic mass is 10.1. The van der Waals surface area contributed by atoms with E-state index in [9.17, 15) is 0 Å². The molecule has 4 heteroatoms. The molecule has 0 aliphatic rings. The fourth-order valence-electron chi connectivity index (χ4n) is 1.28. The van der Waals surface area contributed by atoms with E-state index in [1.807, 2.05) is 24.3 Å². The second-order valence-corrected chi connectivity index (χ2v) is 3.04. The molecule has 2 rings (SSSR count). The first kappa shape index (κ1) is 9.45. The first-order valence-electron chi connectivity index (χ1n) is 4.55. The van der Waals surface area contributed by atoms with Gasteiger partial charge in [0, 0.05) is 5.56 Å². The number of nitrogens with zero attached hydrogens (tertiary/aromatic N) is 2. The molecule has 0 atom stereocenters. The lowest BCUT2D eigenvalue weighted by Crippen LogP contribution is -1.83. The fourth-order valence-corrected chi connectivity index (χ4v) is 1.28. The Hall–Kier alpha value is -2.10. The Morgan fingerprint density at radius 1 is 1.27 bits per heavy atom. The van der Waals surface area contributed by atoms with Gasteiger partial charge in [-0.3, -0.25) is 0 Å². The zero-order chi connectivity index (χ0) is 10.5. The molecule has 0 fully saturated rings. The van der Waals surface area contributed by atoms with E-state index in [1.54, 1.807) is 6.08 Å². The maximum Gasteiger partial charge on any atom is 0.214 e. The Balaban J connectivity index is 2.17. The summed E-state index contributed by atoms with van der Waals surface area (Å²) >= 11 is 0. The van der Waals surface area contributed by atoms with Crippen LogP contribution in [-0.2, 0) is 6.42 Å². The van der Waals surface area contributed by atoms with Gasteiger partial charge in [-0.2, -0.15) is 4.98 Å². The molecule has 0 aliphatic carbocycles. The highest BCUT2D eigenvalue weighted by Crippen LogP contribution is 2.15. The molecule has 1 aromatic heterocycles. The zero-order valence-corrected chi connectivity index (χ0v) is 8.00. The van der Waals surface area contributed by atoms with Gasteiger partial charge in [0.15, 0.2) is 0 Å². The van der Waals surface area contributed by atoms with Crippen LogP contribution in [0.3, 0.4) is 0 Å². The SMILES string of the molecule is O/C=C/Cc1ccc(-c2ncon2)cc1. The van der Waals surface area contributed by atoms with Crippen LogP contribution in [0.1, 0.15) is 5.56 Å². The van der Waals surface area contributed by atoms with Crippen LogP contribution in [0.2, 0.25) is 0 Å². The van der Waals surface area contributed by atoms with E-state index in [1.165, 1.54) is 6.39 Å². The molecule has 15 heavy (non-hydrogen) atoms. The quantitative estimate of drug-likeness (QED) is 0.776. The molecule has 2 aromatic rings. The third-order valence-corrected chi connectivity index (χ3v) is 2.03. The summed E-state index contributed by atoms with van der Waals surface area (Å²) in [6, 6.07) is 7.77. The molecule has 0 saturated carbocycles. The molecule has 0 unspecified atom stereocenters. The number of benzene rings is 1. The summed E-state index contributed by atoms with van der Waals surface area (Å²) in [5, 5.41) is 12.3. The van der Waals surface area contributed by atoms with E-state index in [-0.39, 0.29) is 0 Å². The minimum Gasteiger partial charge on any atom is -0.516 e. The molecule has 0 saturated heterocycles. The molecule has 0 bridgehead atoms. The highest BCUT2D eigenvalue weighted by atomic mass is 16.5. The van der Waals surface area contributed by atoms with Crippen molar-refractivity contribution in [1.82, 2.24) is 10.1 Å². The number of allylic oxidation sites excluding steroid dienone is 1. The first-order chi connectivity index (χ1) is 7.40. The summed E-state index contributed by atoms with van der Waals surface area (Å²) < 4.78 is 4.66. The molecular weight excluding hydrogens is 192 g/mol. The molecule has 0 radical (unpaired) electrons. The van der Waals surface area contributed by atoms with Crippen molar-refractivity contribution in [3.8, 4) is 11.4 Å². The minimum absolute atomic E-state index is 0.583. The van der Waals surface area contributed by atoms with Crippen LogP contribution in [0.15, 0.2) is 47.5 Å². The van der Waals surface area contributed by atoms with Crippen molar-refractivity contribution in [2.75, 3.05) is 0 Å². The standard InChI is InChI=1S/C11H10N2O2/c14-7-1-2-9-3-5-10(6-4-9)11-12-8-15-13-11/h1,3-8,14H,2H2/b7-1+. The smallest absolute Gasteiger partial charge is 0.214 e. The van der Waals surface area contributed by atoms with Crippen molar-refractivity contribution in [1.29, 1.82) is 0 Å². The molecule has 1 N–H and O–H groups in total. The number of aromatic nitrogens is 2. The van der Waals surface area contributed by atoms with Crippen molar-refractivity contribution in [2.24, 2.45) is 0 Å². The Labute approximate surface area is 86.9 Å². The molecule has 4 nitrogen and oxygen atoms in total. The maximum atomic E-state index is 8.52. The number of hydrogen-bond donors (Lipinski definition) is 1. The monoisotopic (exact) mass is 202 g/mol. The summed E-state index contributed by atoms with van der Waals surface area (Å²) in [4.78, 5) is 3.95. The van der Waals surface area contributed by atoms with E-state index >= 15 is 0 Å². The van der Waals surface area contributed by atoms with Gasteiger partial charge in [-0.15, -0.1) is 0 Å². The van der Waals surface area contributed by atoms with Crippen molar-refractivity contribution >= 4 is 0 Å². The van der Waals surface area contributed by atoms with Crippen LogP contribution in [-0.4, -0.2) is 15.2 Å². The van der Waals surface area contributed by atoms with Gasteiger partial charge >= 0.3 is 0 Å². The maximum absolute atomic E-state index is 8.52. The Morgan fingerprint density at radius 2 is 2.07 bits per heavy atom. The average molecular weight is 202 g/mol. The second-order valence-electron chi connectivity index (χ2n) is 3.04. The second kappa shape index (κ2) is 4.41. The molecule has 1 heterocycles. The van der Waals surface area contributed by atoms with Gasteiger partial charge < -0.3 is 9.63 Å². The molecule has 0 spiro atoms. The van der Waals surface area contributed by atoms with Crippen molar-refractivity contribution in [2.45, 2.75) is 6.42 Å². The van der Waals surface area contributed by atoms with Gasteiger partial charge in [-0.1, -0.05) is 29.4 Å². The minimum atomic E-state index is 0.583. The van der Waals surface area contributed by atoms with Crippen LogP contribution < -0.4 is 0 Å². The third kappa shape index (κ3) is 2.22. The van der Waals surface area contributed by atoms with Crippen LogP contribution in [0.25, 0.3) is 11.4 Å². The lowest BCUT2D eigenvalue weighted by Gasteiger charge is -1.97. The normalized spacial score (nSPS) is 10.9. The predicted octanol–water partition coefficient (Wildman–Crippen LogP) is 2.35. The number of rotatable bonds is 3. The van der Waals surface area contributed by atoms with Crippen LogP contribution in [0, 0.1) is 0 Å². The van der Waals surface area contributed by atoms with Crippen molar-refractivity contribution in [3.63, 3.8) is 0 Å².